The van der Waals surface area contributed by atoms with E-state index in [1.54, 1.807) is 49.4 Å². The predicted octanol–water partition coefficient (Wildman–Crippen LogP) is 4.56. The molecule has 0 aromatic heterocycles. The number of hydrogen-bond acceptors (Lipinski definition) is 6. The summed E-state index contributed by atoms with van der Waals surface area (Å²) in [6.45, 7) is 3.64. The predicted molar refractivity (Wildman–Crippen MR) is 124 cm³/mol. The van der Waals surface area contributed by atoms with Crippen LogP contribution in [0, 0.1) is 10.8 Å². The number of carbonyl (C=O) groups is 1. The number of aryl methyl sites for hydroxylation is 1. The summed E-state index contributed by atoms with van der Waals surface area (Å²) in [5, 5.41) is 16.8. The molecule has 0 saturated heterocycles. The van der Waals surface area contributed by atoms with E-state index in [9.17, 15) is 13.2 Å². The van der Waals surface area contributed by atoms with Crippen molar-refractivity contribution < 1.29 is 13.2 Å². The lowest BCUT2D eigenvalue weighted by atomic mass is 9.94. The lowest BCUT2D eigenvalue weighted by molar-refractivity contribution is -0.107. The summed E-state index contributed by atoms with van der Waals surface area (Å²) < 4.78 is 25.7. The van der Waals surface area contributed by atoms with Crippen molar-refractivity contribution in [3.8, 4) is 0 Å². The fraction of sp³-hybridized carbons (Fsp3) is 0.217. The van der Waals surface area contributed by atoms with Gasteiger partial charge < -0.3 is 10.8 Å². The fourth-order valence-corrected chi connectivity index (χ4v) is 5.20. The second-order valence-electron chi connectivity index (χ2n) is 7.25. The Morgan fingerprint density at radius 1 is 1.13 bits per heavy atom. The highest BCUT2D eigenvalue weighted by Crippen LogP contribution is 2.31. The van der Waals surface area contributed by atoms with Crippen LogP contribution < -0.4 is 0 Å². The minimum atomic E-state index is -3.89. The monoisotopic (exact) mass is 455 g/mol. The van der Waals surface area contributed by atoms with Crippen LogP contribution >= 0.6 is 11.6 Å². The number of aliphatic imine (C=N–C) groups is 1. The van der Waals surface area contributed by atoms with Gasteiger partial charge in [0.25, 0.3) is 0 Å². The zero-order valence-corrected chi connectivity index (χ0v) is 18.8. The van der Waals surface area contributed by atoms with Crippen molar-refractivity contribution in [2.45, 2.75) is 31.6 Å². The topological polar surface area (TPSA) is 111 Å². The van der Waals surface area contributed by atoms with Crippen molar-refractivity contribution in [1.82, 2.24) is 0 Å². The van der Waals surface area contributed by atoms with Gasteiger partial charge in [0.05, 0.1) is 22.0 Å². The smallest absolute Gasteiger partial charge is 0.227 e. The molecule has 0 atom stereocenters. The maximum atomic E-state index is 12.9. The third-order valence-corrected chi connectivity index (χ3v) is 7.06. The number of rotatable bonds is 7. The SMILES string of the molecule is CCc1ccccc1S(=O)(=O)CC(=N)C(=O)C1=NC(c2ccccc2Cl)=C(C)CC1=N. The molecule has 2 aromatic rings. The van der Waals surface area contributed by atoms with Crippen molar-refractivity contribution in [3.63, 3.8) is 0 Å². The van der Waals surface area contributed by atoms with Crippen molar-refractivity contribution in [2.75, 3.05) is 5.75 Å². The van der Waals surface area contributed by atoms with Crippen molar-refractivity contribution in [2.24, 2.45) is 4.99 Å². The molecule has 0 fully saturated rings. The second kappa shape index (κ2) is 9.08. The molecule has 0 radical (unpaired) electrons. The van der Waals surface area contributed by atoms with Crippen LogP contribution in [0.3, 0.4) is 0 Å². The summed E-state index contributed by atoms with van der Waals surface area (Å²) >= 11 is 6.27. The van der Waals surface area contributed by atoms with E-state index in [-0.39, 0.29) is 22.7 Å². The molecule has 0 saturated carbocycles. The van der Waals surface area contributed by atoms with Gasteiger partial charge in [-0.1, -0.05) is 54.9 Å². The Kier molecular flexibility index (Phi) is 6.67. The van der Waals surface area contributed by atoms with Gasteiger partial charge in [-0.2, -0.15) is 0 Å². The zero-order chi connectivity index (χ0) is 22.8. The number of hydrogen-bond donors (Lipinski definition) is 2. The number of halogens is 1. The van der Waals surface area contributed by atoms with Gasteiger partial charge in [-0.3, -0.25) is 4.79 Å². The second-order valence-corrected chi connectivity index (χ2v) is 9.62. The first kappa shape index (κ1) is 22.8. The average Bonchev–Trinajstić information content (AvgIpc) is 2.73. The van der Waals surface area contributed by atoms with E-state index < -0.39 is 27.1 Å². The van der Waals surface area contributed by atoms with Crippen LogP contribution in [-0.2, 0) is 21.1 Å². The lowest BCUT2D eigenvalue weighted by Crippen LogP contribution is -2.35. The van der Waals surface area contributed by atoms with Crippen LogP contribution in [0.5, 0.6) is 0 Å². The molecule has 31 heavy (non-hydrogen) atoms. The summed E-state index contributed by atoms with van der Waals surface area (Å²) in [7, 11) is -3.89. The molecular weight excluding hydrogens is 434 g/mol. The molecule has 6 nitrogen and oxygen atoms in total. The van der Waals surface area contributed by atoms with E-state index in [0.29, 0.717) is 28.3 Å². The maximum Gasteiger partial charge on any atom is 0.227 e. The molecule has 0 bridgehead atoms. The molecule has 2 N–H and O–H groups in total. The van der Waals surface area contributed by atoms with Crippen molar-refractivity contribution >= 4 is 50.1 Å². The van der Waals surface area contributed by atoms with Crippen LogP contribution in [0.1, 0.15) is 31.4 Å². The number of Topliss-reactive ketones (excluding diaryl/α,β-unsaturated/α-hetero) is 1. The van der Waals surface area contributed by atoms with Gasteiger partial charge in [0, 0.05) is 17.0 Å². The number of nitrogens with zero attached hydrogens (tertiary/aromatic N) is 1. The van der Waals surface area contributed by atoms with Gasteiger partial charge in [0.1, 0.15) is 11.5 Å². The Hall–Kier alpha value is -2.90. The first-order valence-electron chi connectivity index (χ1n) is 9.69. The summed E-state index contributed by atoms with van der Waals surface area (Å²) in [6.07, 6.45) is 0.684. The summed E-state index contributed by atoms with van der Waals surface area (Å²) in [5.41, 5.74) is 1.61. The Bertz CT molecular complexity index is 1260. The molecule has 0 spiro atoms. The molecule has 2 aromatic carbocycles. The third-order valence-electron chi connectivity index (χ3n) is 5.00. The molecule has 0 unspecified atom stereocenters. The van der Waals surface area contributed by atoms with Gasteiger partial charge in [-0.05, 0) is 36.6 Å². The molecule has 8 heteroatoms. The Morgan fingerprint density at radius 2 is 1.77 bits per heavy atom. The first-order chi connectivity index (χ1) is 14.7. The van der Waals surface area contributed by atoms with Gasteiger partial charge in [0.2, 0.25) is 5.78 Å². The van der Waals surface area contributed by atoms with Gasteiger partial charge in [-0.15, -0.1) is 0 Å². The minimum Gasteiger partial charge on any atom is -0.303 e. The average molecular weight is 456 g/mol. The molecule has 160 valence electrons. The van der Waals surface area contributed by atoms with E-state index in [2.05, 4.69) is 4.99 Å². The van der Waals surface area contributed by atoms with E-state index in [1.165, 1.54) is 6.07 Å². The van der Waals surface area contributed by atoms with E-state index >= 15 is 0 Å². The van der Waals surface area contributed by atoms with Gasteiger partial charge in [-0.25, -0.2) is 13.4 Å². The quantitative estimate of drug-likeness (QED) is 0.596. The summed E-state index contributed by atoms with van der Waals surface area (Å²) in [6, 6.07) is 13.6. The Balaban J connectivity index is 1.92. The standard InChI is InChI=1S/C23H22ClN3O3S/c1-3-15-8-4-7-11-20(15)31(29,30)13-19(26)23(28)22-18(25)12-14(2)21(27-22)16-9-5-6-10-17(16)24/h4-11,25-26H,3,12-13H2,1-2H3. The number of sulfone groups is 1. The Morgan fingerprint density at radius 3 is 2.45 bits per heavy atom. The van der Waals surface area contributed by atoms with Crippen molar-refractivity contribution in [1.29, 1.82) is 10.8 Å². The van der Waals surface area contributed by atoms with Crippen LogP contribution in [0.25, 0.3) is 5.70 Å². The van der Waals surface area contributed by atoms with Gasteiger partial charge >= 0.3 is 0 Å². The lowest BCUT2D eigenvalue weighted by Gasteiger charge is -2.18. The maximum absolute atomic E-state index is 12.9. The third kappa shape index (κ3) is 4.73. The molecular formula is C23H22ClN3O3S. The molecule has 1 aliphatic rings. The molecule has 1 heterocycles. The summed E-state index contributed by atoms with van der Waals surface area (Å²) in [4.78, 5) is 17.4. The van der Waals surface area contributed by atoms with Crippen molar-refractivity contribution in [3.05, 3.63) is 70.3 Å². The van der Waals surface area contributed by atoms with Crippen LogP contribution in [0.4, 0.5) is 0 Å². The number of allylic oxidation sites excluding steroid dienone is 1. The van der Waals surface area contributed by atoms with E-state index in [4.69, 9.17) is 22.4 Å². The molecule has 1 aliphatic heterocycles. The van der Waals surface area contributed by atoms with Gasteiger partial charge in [0.15, 0.2) is 9.84 Å². The number of benzene rings is 2. The van der Waals surface area contributed by atoms with E-state index in [1.807, 2.05) is 6.92 Å². The van der Waals surface area contributed by atoms with Crippen LogP contribution in [0.15, 0.2) is 64.0 Å². The number of ketones is 1. The normalized spacial score (nSPS) is 14.4. The van der Waals surface area contributed by atoms with Crippen LogP contribution in [0.2, 0.25) is 5.02 Å². The molecule has 0 aliphatic carbocycles. The number of carbonyl (C=O) groups excluding carboxylic acids is 1. The number of nitrogens with one attached hydrogen (secondary N) is 2. The largest absolute Gasteiger partial charge is 0.303 e. The summed E-state index contributed by atoms with van der Waals surface area (Å²) in [5.74, 6) is -1.61. The van der Waals surface area contributed by atoms with Crippen LogP contribution in [-0.4, -0.2) is 37.1 Å². The first-order valence-corrected chi connectivity index (χ1v) is 11.7. The highest BCUT2D eigenvalue weighted by Gasteiger charge is 2.30. The Labute approximate surface area is 186 Å². The molecule has 3 rings (SSSR count). The minimum absolute atomic E-state index is 0.0468. The highest BCUT2D eigenvalue weighted by atomic mass is 35.5. The highest BCUT2D eigenvalue weighted by molar-refractivity contribution is 7.92. The molecule has 0 amide bonds. The van der Waals surface area contributed by atoms with E-state index in [0.717, 1.165) is 5.57 Å². The fourth-order valence-electron chi connectivity index (χ4n) is 3.41. The zero-order valence-electron chi connectivity index (χ0n) is 17.2.